The number of nitrogens with zero attached hydrogens (tertiary/aromatic N) is 2. The summed E-state index contributed by atoms with van der Waals surface area (Å²) >= 11 is 6.35. The number of likely N-dealkylation sites (tertiary alicyclic amines) is 1. The molecule has 1 saturated heterocycles. The Morgan fingerprint density at radius 1 is 1.18 bits per heavy atom. The van der Waals surface area contributed by atoms with Crippen LogP contribution in [0.1, 0.15) is 68.9 Å². The van der Waals surface area contributed by atoms with E-state index in [1.54, 1.807) is 0 Å². The van der Waals surface area contributed by atoms with Crippen LogP contribution in [0.2, 0.25) is 5.02 Å². The van der Waals surface area contributed by atoms with Crippen molar-refractivity contribution in [2.45, 2.75) is 83.2 Å². The van der Waals surface area contributed by atoms with E-state index in [9.17, 15) is 0 Å². The molecule has 2 unspecified atom stereocenters. The van der Waals surface area contributed by atoms with Crippen LogP contribution in [0.5, 0.6) is 0 Å². The van der Waals surface area contributed by atoms with Gasteiger partial charge in [-0.1, -0.05) is 43.2 Å². The van der Waals surface area contributed by atoms with Crippen molar-refractivity contribution in [3.8, 4) is 0 Å². The van der Waals surface area contributed by atoms with Crippen LogP contribution < -0.4 is 0 Å². The van der Waals surface area contributed by atoms with Crippen LogP contribution in [0.15, 0.2) is 30.5 Å². The van der Waals surface area contributed by atoms with Crippen LogP contribution >= 0.6 is 11.6 Å². The molecule has 0 radical (unpaired) electrons. The molecule has 2 atom stereocenters. The van der Waals surface area contributed by atoms with Crippen LogP contribution in [0, 0.1) is 12.3 Å². The van der Waals surface area contributed by atoms with E-state index in [1.165, 1.54) is 82.1 Å². The topological polar surface area (TPSA) is 6.48 Å². The van der Waals surface area contributed by atoms with Gasteiger partial charge in [0.15, 0.2) is 0 Å². The monoisotopic (exact) mass is 400 g/mol. The van der Waals surface area contributed by atoms with Gasteiger partial charge in [-0.05, 0) is 87.6 Å². The summed E-state index contributed by atoms with van der Waals surface area (Å²) in [6, 6.07) is 7.76. The van der Waals surface area contributed by atoms with Gasteiger partial charge in [0.1, 0.15) is 0 Å². The Balaban J connectivity index is 1.48. The zero-order valence-corrected chi connectivity index (χ0v) is 18.6. The molecule has 3 heteroatoms. The smallest absolute Gasteiger partial charge is 0.0439 e. The fourth-order valence-electron chi connectivity index (χ4n) is 6.15. The van der Waals surface area contributed by atoms with Gasteiger partial charge in [-0.2, -0.15) is 0 Å². The highest BCUT2D eigenvalue weighted by Crippen LogP contribution is 2.51. The highest BCUT2D eigenvalue weighted by Gasteiger charge is 2.45. The predicted molar refractivity (Wildman–Crippen MR) is 120 cm³/mol. The molecule has 1 aromatic rings. The van der Waals surface area contributed by atoms with E-state index >= 15 is 0 Å². The third-order valence-corrected chi connectivity index (χ3v) is 8.38. The Kier molecular flexibility index (Phi) is 6.09. The minimum absolute atomic E-state index is 0.609. The number of rotatable bonds is 5. The lowest BCUT2D eigenvalue weighted by atomic mass is 9.68. The molecule has 1 aliphatic heterocycles. The molecular formula is C25H37ClN2. The minimum atomic E-state index is 0.609. The molecule has 1 heterocycles. The van der Waals surface area contributed by atoms with Gasteiger partial charge in [0.05, 0.1) is 0 Å². The maximum absolute atomic E-state index is 6.35. The molecule has 2 aliphatic carbocycles. The average Bonchev–Trinajstić information content (AvgIpc) is 3.37. The first-order valence-corrected chi connectivity index (χ1v) is 11.7. The molecule has 3 aliphatic rings. The zero-order valence-electron chi connectivity index (χ0n) is 17.9. The highest BCUT2D eigenvalue weighted by atomic mass is 35.5. The van der Waals surface area contributed by atoms with Gasteiger partial charge < -0.3 is 4.90 Å². The maximum atomic E-state index is 6.35. The van der Waals surface area contributed by atoms with Crippen molar-refractivity contribution in [3.63, 3.8) is 0 Å². The summed E-state index contributed by atoms with van der Waals surface area (Å²) in [7, 11) is 2.29. The third-order valence-electron chi connectivity index (χ3n) is 7.97. The molecule has 0 amide bonds. The van der Waals surface area contributed by atoms with Crippen LogP contribution in [0.4, 0.5) is 0 Å². The van der Waals surface area contributed by atoms with E-state index in [0.29, 0.717) is 17.5 Å². The van der Waals surface area contributed by atoms with Crippen molar-refractivity contribution in [2.75, 3.05) is 20.1 Å². The van der Waals surface area contributed by atoms with Gasteiger partial charge in [-0.15, -0.1) is 0 Å². The standard InChI is InChI=1S/C25H37ClN2/c1-19-8-9-21(17-22(19)26)16-20(2)27(3)23-10-13-25(11-4-5-12-25)18-24(23)28-14-6-7-15-28/h8-9,17,23-24H,2,4-7,10-16,18H2,1,3H3. The van der Waals surface area contributed by atoms with Gasteiger partial charge in [0.25, 0.3) is 0 Å². The largest absolute Gasteiger partial charge is 0.374 e. The first-order chi connectivity index (χ1) is 13.5. The Labute approximate surface area is 176 Å². The molecule has 0 bridgehead atoms. The zero-order chi connectivity index (χ0) is 19.7. The van der Waals surface area contributed by atoms with Crippen LogP contribution in [0.25, 0.3) is 0 Å². The number of halogens is 1. The van der Waals surface area contributed by atoms with Gasteiger partial charge in [0.2, 0.25) is 0 Å². The summed E-state index contributed by atoms with van der Waals surface area (Å²) in [5.41, 5.74) is 4.30. The fraction of sp³-hybridized carbons (Fsp3) is 0.680. The number of likely N-dealkylation sites (N-methyl/N-ethyl adjacent to an activating group) is 1. The van der Waals surface area contributed by atoms with Crippen molar-refractivity contribution >= 4 is 11.6 Å². The highest BCUT2D eigenvalue weighted by molar-refractivity contribution is 6.31. The van der Waals surface area contributed by atoms with E-state index in [1.807, 2.05) is 0 Å². The molecule has 4 rings (SSSR count). The van der Waals surface area contributed by atoms with Gasteiger partial charge in [-0.3, -0.25) is 4.90 Å². The summed E-state index contributed by atoms with van der Waals surface area (Å²) in [5, 5.41) is 0.865. The number of hydrogen-bond acceptors (Lipinski definition) is 2. The maximum Gasteiger partial charge on any atom is 0.0439 e. The Hall–Kier alpha value is -0.990. The molecule has 3 fully saturated rings. The van der Waals surface area contributed by atoms with Gasteiger partial charge in [-0.25, -0.2) is 0 Å². The summed E-state index contributed by atoms with van der Waals surface area (Å²) < 4.78 is 0. The third kappa shape index (κ3) is 4.14. The van der Waals surface area contributed by atoms with Crippen LogP contribution in [0.3, 0.4) is 0 Å². The second-order valence-electron chi connectivity index (χ2n) is 9.77. The SMILES string of the molecule is C=C(Cc1ccc(C)c(Cl)c1)N(C)C1CCC2(CCCC2)CC1N1CCCC1. The van der Waals surface area contributed by atoms with E-state index in [0.717, 1.165) is 17.0 Å². The molecule has 154 valence electrons. The van der Waals surface area contributed by atoms with E-state index in [4.69, 9.17) is 11.6 Å². The van der Waals surface area contributed by atoms with Gasteiger partial charge >= 0.3 is 0 Å². The molecule has 2 nitrogen and oxygen atoms in total. The molecule has 28 heavy (non-hydrogen) atoms. The molecule has 1 aromatic carbocycles. The van der Waals surface area contributed by atoms with Crippen molar-refractivity contribution in [3.05, 3.63) is 46.6 Å². The number of aryl methyl sites for hydroxylation is 1. The van der Waals surface area contributed by atoms with Crippen molar-refractivity contribution in [1.29, 1.82) is 0 Å². The molecule has 0 N–H and O–H groups in total. The molecule has 2 saturated carbocycles. The summed E-state index contributed by atoms with van der Waals surface area (Å²) in [4.78, 5) is 5.34. The molecular weight excluding hydrogens is 364 g/mol. The Morgan fingerprint density at radius 2 is 1.89 bits per heavy atom. The summed E-state index contributed by atoms with van der Waals surface area (Å²) in [6.45, 7) is 9.15. The van der Waals surface area contributed by atoms with Gasteiger partial charge in [0, 0.05) is 36.3 Å². The lowest BCUT2D eigenvalue weighted by molar-refractivity contribution is 0.0282. The summed E-state index contributed by atoms with van der Waals surface area (Å²) in [6.07, 6.45) is 13.6. The predicted octanol–water partition coefficient (Wildman–Crippen LogP) is 6.21. The first-order valence-electron chi connectivity index (χ1n) is 11.4. The lowest BCUT2D eigenvalue weighted by Gasteiger charge is -2.50. The minimum Gasteiger partial charge on any atom is -0.374 e. The second kappa shape index (κ2) is 8.40. The Bertz CT molecular complexity index is 700. The van der Waals surface area contributed by atoms with Crippen molar-refractivity contribution in [1.82, 2.24) is 9.80 Å². The molecule has 1 spiro atoms. The quantitative estimate of drug-likeness (QED) is 0.579. The fourth-order valence-corrected chi connectivity index (χ4v) is 6.35. The van der Waals surface area contributed by atoms with Crippen LogP contribution in [-0.4, -0.2) is 42.0 Å². The van der Waals surface area contributed by atoms with E-state index < -0.39 is 0 Å². The Morgan fingerprint density at radius 3 is 2.57 bits per heavy atom. The van der Waals surface area contributed by atoms with Crippen LogP contribution in [-0.2, 0) is 6.42 Å². The second-order valence-corrected chi connectivity index (χ2v) is 10.2. The number of benzene rings is 1. The number of hydrogen-bond donors (Lipinski definition) is 0. The number of allylic oxidation sites excluding steroid dienone is 1. The summed E-state index contributed by atoms with van der Waals surface area (Å²) in [5.74, 6) is 0. The first kappa shape index (κ1) is 20.3. The van der Waals surface area contributed by atoms with Crippen molar-refractivity contribution < 1.29 is 0 Å². The van der Waals surface area contributed by atoms with E-state index in [2.05, 4.69) is 48.5 Å². The van der Waals surface area contributed by atoms with Crippen molar-refractivity contribution in [2.24, 2.45) is 5.41 Å². The normalized spacial score (nSPS) is 27.4. The van der Waals surface area contributed by atoms with E-state index in [-0.39, 0.29) is 0 Å². The average molecular weight is 401 g/mol. The lowest BCUT2D eigenvalue weighted by Crippen LogP contribution is -2.54. The molecule has 0 aromatic heterocycles.